The molecule has 45 heavy (non-hydrogen) atoms. The summed E-state index contributed by atoms with van der Waals surface area (Å²) >= 11 is 7.63. The first kappa shape index (κ1) is 32.6. The topological polar surface area (TPSA) is 112 Å². The number of hydrogen-bond donors (Lipinski definition) is 1. The third kappa shape index (κ3) is 8.27. The summed E-state index contributed by atoms with van der Waals surface area (Å²) in [6.07, 6.45) is 4.94. The Kier molecular flexibility index (Phi) is 10.2. The van der Waals surface area contributed by atoms with E-state index in [-0.39, 0.29) is 12.2 Å². The van der Waals surface area contributed by atoms with Gasteiger partial charge in [0.15, 0.2) is 0 Å². The Bertz CT molecular complexity index is 1640. The number of hydrogen-bond acceptors (Lipinski definition) is 8. The Morgan fingerprint density at radius 2 is 1.84 bits per heavy atom. The van der Waals surface area contributed by atoms with Crippen molar-refractivity contribution in [3.05, 3.63) is 70.3 Å². The van der Waals surface area contributed by atoms with Gasteiger partial charge in [0.25, 0.3) is 5.91 Å². The van der Waals surface area contributed by atoms with Crippen molar-refractivity contribution in [2.24, 2.45) is 5.73 Å². The van der Waals surface area contributed by atoms with E-state index in [0.29, 0.717) is 35.3 Å². The van der Waals surface area contributed by atoms with Crippen LogP contribution in [0.15, 0.2) is 54.9 Å². The molecule has 0 radical (unpaired) electrons. The number of carbonyl (C=O) groups is 2. The van der Waals surface area contributed by atoms with Gasteiger partial charge in [0, 0.05) is 42.8 Å². The maximum Gasteiger partial charge on any atom is 0.410 e. The van der Waals surface area contributed by atoms with Gasteiger partial charge in [-0.05, 0) is 65.3 Å². The normalized spacial score (nSPS) is 14.8. The highest BCUT2D eigenvalue weighted by Gasteiger charge is 2.26. The van der Waals surface area contributed by atoms with Gasteiger partial charge in [0.1, 0.15) is 33.7 Å². The van der Waals surface area contributed by atoms with Crippen LogP contribution >= 0.6 is 22.9 Å². The molecule has 2 N–H and O–H groups in total. The molecule has 1 saturated heterocycles. The molecule has 1 aromatic carbocycles. The van der Waals surface area contributed by atoms with Crippen molar-refractivity contribution >= 4 is 40.6 Å². The molecule has 1 atom stereocenters. The van der Waals surface area contributed by atoms with Crippen molar-refractivity contribution < 1.29 is 23.8 Å². The zero-order chi connectivity index (χ0) is 32.1. The van der Waals surface area contributed by atoms with Crippen LogP contribution in [0.5, 0.6) is 11.5 Å². The molecule has 0 bridgehead atoms. The molecule has 240 valence electrons. The van der Waals surface area contributed by atoms with E-state index in [9.17, 15) is 9.59 Å². The summed E-state index contributed by atoms with van der Waals surface area (Å²) in [5, 5.41) is 0.591. The number of thiophene rings is 1. The molecule has 4 heterocycles. The van der Waals surface area contributed by atoms with Crippen LogP contribution in [0.25, 0.3) is 16.2 Å². The van der Waals surface area contributed by atoms with E-state index in [1.165, 1.54) is 11.3 Å². The molecule has 5 rings (SSSR count). The second-order valence-corrected chi connectivity index (χ2v) is 13.5. The predicted octanol–water partition coefficient (Wildman–Crippen LogP) is 6.67. The van der Waals surface area contributed by atoms with Crippen LogP contribution < -0.4 is 15.2 Å². The van der Waals surface area contributed by atoms with Crippen LogP contribution in [0.4, 0.5) is 4.79 Å². The number of nitrogens with two attached hydrogens (primary N) is 1. The van der Waals surface area contributed by atoms with Crippen LogP contribution in [-0.4, -0.2) is 76.1 Å². The van der Waals surface area contributed by atoms with Gasteiger partial charge < -0.3 is 24.8 Å². The van der Waals surface area contributed by atoms with E-state index in [4.69, 9.17) is 31.5 Å². The number of benzene rings is 1. The Morgan fingerprint density at radius 3 is 2.56 bits per heavy atom. The maximum absolute atomic E-state index is 12.3. The summed E-state index contributed by atoms with van der Waals surface area (Å²) < 4.78 is 19.7. The van der Waals surface area contributed by atoms with Gasteiger partial charge in [-0.25, -0.2) is 9.78 Å². The Labute approximate surface area is 272 Å². The lowest BCUT2D eigenvalue weighted by Gasteiger charge is -2.35. The monoisotopic (exact) mass is 653 g/mol. The SMILES string of the molecule is CC(Oc1cc(-c2cnc3ccc(OCCCCN4CCN(C(=O)OC(C)(C)C)CC4)cn23)sc1C(N)=O)c1ccccc1Cl. The summed E-state index contributed by atoms with van der Waals surface area (Å²) in [4.78, 5) is 34.4. The van der Waals surface area contributed by atoms with Gasteiger partial charge in [-0.1, -0.05) is 29.8 Å². The number of rotatable bonds is 11. The van der Waals surface area contributed by atoms with E-state index in [1.54, 1.807) is 17.2 Å². The summed E-state index contributed by atoms with van der Waals surface area (Å²) in [7, 11) is 0. The number of primary amides is 1. The van der Waals surface area contributed by atoms with Crippen molar-refractivity contribution in [1.82, 2.24) is 19.2 Å². The molecule has 1 aliphatic rings. The zero-order valence-corrected chi connectivity index (χ0v) is 27.7. The minimum atomic E-state index is -0.560. The molecule has 1 aliphatic heterocycles. The fraction of sp³-hybridized carbons (Fsp3) is 0.424. The van der Waals surface area contributed by atoms with Crippen molar-refractivity contribution in [1.29, 1.82) is 0 Å². The lowest BCUT2D eigenvalue weighted by molar-refractivity contribution is 0.0143. The quantitative estimate of drug-likeness (QED) is 0.180. The molecule has 1 unspecified atom stereocenters. The summed E-state index contributed by atoms with van der Waals surface area (Å²) in [5.41, 5.74) is 7.62. The molecule has 10 nitrogen and oxygen atoms in total. The van der Waals surface area contributed by atoms with Crippen molar-refractivity contribution in [3.63, 3.8) is 0 Å². The lowest BCUT2D eigenvalue weighted by atomic mass is 10.1. The van der Waals surface area contributed by atoms with Gasteiger partial charge in [-0.3, -0.25) is 14.1 Å². The summed E-state index contributed by atoms with van der Waals surface area (Å²) in [5.74, 6) is 0.571. The first-order valence-electron chi connectivity index (χ1n) is 15.1. The van der Waals surface area contributed by atoms with Crippen molar-refractivity contribution in [3.8, 4) is 22.1 Å². The third-order valence-electron chi connectivity index (χ3n) is 7.46. The van der Waals surface area contributed by atoms with Crippen molar-refractivity contribution in [2.75, 3.05) is 39.3 Å². The van der Waals surface area contributed by atoms with Gasteiger partial charge in [-0.2, -0.15) is 0 Å². The summed E-state index contributed by atoms with van der Waals surface area (Å²) in [6.45, 7) is 12.1. The molecule has 12 heteroatoms. The highest BCUT2D eigenvalue weighted by molar-refractivity contribution is 7.17. The Hall–Kier alpha value is -3.80. The largest absolute Gasteiger partial charge is 0.492 e. The lowest BCUT2D eigenvalue weighted by Crippen LogP contribution is -2.50. The smallest absolute Gasteiger partial charge is 0.410 e. The van der Waals surface area contributed by atoms with Crippen LogP contribution in [-0.2, 0) is 4.74 Å². The zero-order valence-electron chi connectivity index (χ0n) is 26.1. The number of amides is 2. The number of piperazine rings is 1. The Morgan fingerprint density at radius 1 is 1.09 bits per heavy atom. The molecule has 0 aliphatic carbocycles. The second kappa shape index (κ2) is 14.1. The second-order valence-electron chi connectivity index (χ2n) is 12.1. The molecule has 3 aromatic heterocycles. The predicted molar refractivity (Wildman–Crippen MR) is 176 cm³/mol. The number of ether oxygens (including phenoxy) is 3. The number of aromatic nitrogens is 2. The van der Waals surface area contributed by atoms with Crippen LogP contribution in [0.1, 0.15) is 61.9 Å². The van der Waals surface area contributed by atoms with Crippen LogP contribution in [0.2, 0.25) is 5.02 Å². The minimum Gasteiger partial charge on any atom is -0.492 e. The first-order chi connectivity index (χ1) is 21.5. The van der Waals surface area contributed by atoms with Gasteiger partial charge in [0.05, 0.1) is 29.6 Å². The fourth-order valence-corrected chi connectivity index (χ4v) is 6.39. The number of pyridine rings is 1. The number of imidazole rings is 1. The maximum atomic E-state index is 12.3. The van der Waals surface area contributed by atoms with Crippen LogP contribution in [0, 0.1) is 0 Å². The van der Waals surface area contributed by atoms with E-state index in [0.717, 1.165) is 60.0 Å². The fourth-order valence-electron chi connectivity index (χ4n) is 5.16. The van der Waals surface area contributed by atoms with Crippen LogP contribution in [0.3, 0.4) is 0 Å². The molecule has 0 spiro atoms. The minimum absolute atomic E-state index is 0.238. The van der Waals surface area contributed by atoms with E-state index in [2.05, 4.69) is 9.88 Å². The van der Waals surface area contributed by atoms with E-state index >= 15 is 0 Å². The number of nitrogens with zero attached hydrogens (tertiary/aromatic N) is 4. The highest BCUT2D eigenvalue weighted by Crippen LogP contribution is 2.39. The standard InChI is InChI=1S/C33H40ClN5O5S/c1-22(24-9-5-6-10-25(24)34)43-27-19-28(45-30(27)31(35)40)26-20-36-29-12-11-23(21-39(26)29)42-18-8-7-13-37-14-16-38(17-15-37)32(41)44-33(2,3)4/h5-6,9-12,19-22H,7-8,13-18H2,1-4H3,(H2,35,40). The molecule has 1 fully saturated rings. The van der Waals surface area contributed by atoms with Gasteiger partial charge in [0.2, 0.25) is 0 Å². The molecule has 0 saturated carbocycles. The van der Waals surface area contributed by atoms with E-state index in [1.807, 2.05) is 74.7 Å². The molecular weight excluding hydrogens is 614 g/mol. The number of halogens is 1. The average molecular weight is 654 g/mol. The molecule has 2 amide bonds. The average Bonchev–Trinajstić information content (AvgIpc) is 3.60. The number of carbonyl (C=O) groups excluding carboxylic acids is 2. The summed E-state index contributed by atoms with van der Waals surface area (Å²) in [6, 6.07) is 13.1. The third-order valence-corrected chi connectivity index (χ3v) is 8.96. The molecular formula is C33H40ClN5O5S. The van der Waals surface area contributed by atoms with Gasteiger partial charge in [-0.15, -0.1) is 11.3 Å². The Balaban J connectivity index is 1.16. The first-order valence-corrected chi connectivity index (χ1v) is 16.3. The number of unbranched alkanes of at least 4 members (excludes halogenated alkanes) is 1. The van der Waals surface area contributed by atoms with Gasteiger partial charge >= 0.3 is 6.09 Å². The molecule has 4 aromatic rings. The highest BCUT2D eigenvalue weighted by atomic mass is 35.5. The van der Waals surface area contributed by atoms with E-state index < -0.39 is 11.5 Å². The van der Waals surface area contributed by atoms with Crippen molar-refractivity contribution in [2.45, 2.75) is 52.2 Å². The number of fused-ring (bicyclic) bond motifs is 1.